The Hall–Kier alpha value is -1.73. The summed E-state index contributed by atoms with van der Waals surface area (Å²) in [6.45, 7) is 3.66. The Morgan fingerprint density at radius 1 is 1.28 bits per heavy atom. The molecule has 1 atom stereocenters. The summed E-state index contributed by atoms with van der Waals surface area (Å²) < 4.78 is 11.6. The number of nitrogens with one attached hydrogen (secondary N) is 2. The van der Waals surface area contributed by atoms with Crippen molar-refractivity contribution in [1.29, 1.82) is 0 Å². The van der Waals surface area contributed by atoms with Crippen molar-refractivity contribution < 1.29 is 9.47 Å². The zero-order valence-electron chi connectivity index (χ0n) is 14.9. The van der Waals surface area contributed by atoms with Gasteiger partial charge in [0.05, 0.1) is 18.7 Å². The third kappa shape index (κ3) is 5.37. The maximum absolute atomic E-state index is 5.38. The maximum atomic E-state index is 5.38. The van der Waals surface area contributed by atoms with Crippen molar-refractivity contribution in [2.24, 2.45) is 4.99 Å². The number of rotatable bonds is 7. The second-order valence-corrected chi connectivity index (χ2v) is 7.21. The predicted octanol–water partition coefficient (Wildman–Crippen LogP) is 4.00. The molecular formula is C18H24BrN3O2S. The lowest BCUT2D eigenvalue weighted by atomic mass is 10.1. The quantitative estimate of drug-likeness (QED) is 0.519. The van der Waals surface area contributed by atoms with Crippen molar-refractivity contribution in [3.8, 4) is 11.5 Å². The molecule has 1 heterocycles. The fourth-order valence-corrected chi connectivity index (χ4v) is 3.84. The van der Waals surface area contributed by atoms with Crippen LogP contribution in [-0.2, 0) is 6.54 Å². The van der Waals surface area contributed by atoms with E-state index in [0.29, 0.717) is 24.0 Å². The van der Waals surface area contributed by atoms with Gasteiger partial charge < -0.3 is 20.1 Å². The zero-order chi connectivity index (χ0) is 18.2. The molecule has 7 heteroatoms. The largest absolute Gasteiger partial charge is 0.493 e. The second-order valence-electron chi connectivity index (χ2n) is 5.58. The van der Waals surface area contributed by atoms with Crippen molar-refractivity contribution in [1.82, 2.24) is 10.6 Å². The predicted molar refractivity (Wildman–Crippen MR) is 108 cm³/mol. The molecule has 2 N–H and O–H groups in total. The first kappa shape index (κ1) is 19.6. The molecular weight excluding hydrogens is 402 g/mol. The molecule has 1 aromatic carbocycles. The van der Waals surface area contributed by atoms with E-state index >= 15 is 0 Å². The maximum Gasteiger partial charge on any atom is 0.191 e. The first-order valence-electron chi connectivity index (χ1n) is 7.96. The van der Waals surface area contributed by atoms with E-state index in [2.05, 4.69) is 55.3 Å². The van der Waals surface area contributed by atoms with Gasteiger partial charge in [-0.25, -0.2) is 0 Å². The fraction of sp³-hybridized carbons (Fsp3) is 0.389. The van der Waals surface area contributed by atoms with Crippen LogP contribution in [0, 0.1) is 0 Å². The Labute approximate surface area is 161 Å². The van der Waals surface area contributed by atoms with Crippen LogP contribution in [0.15, 0.2) is 38.4 Å². The summed E-state index contributed by atoms with van der Waals surface area (Å²) in [4.78, 5) is 4.28. The van der Waals surface area contributed by atoms with Gasteiger partial charge in [-0.3, -0.25) is 4.99 Å². The van der Waals surface area contributed by atoms with Crippen molar-refractivity contribution in [3.05, 3.63) is 44.6 Å². The van der Waals surface area contributed by atoms with Gasteiger partial charge in [0.1, 0.15) is 0 Å². The van der Waals surface area contributed by atoms with Gasteiger partial charge in [-0.2, -0.15) is 11.3 Å². The van der Waals surface area contributed by atoms with Crippen LogP contribution in [0.4, 0.5) is 0 Å². The number of guanidine groups is 1. The lowest BCUT2D eigenvalue weighted by Gasteiger charge is -2.16. The Morgan fingerprint density at radius 3 is 2.68 bits per heavy atom. The van der Waals surface area contributed by atoms with Crippen LogP contribution in [-0.4, -0.2) is 33.8 Å². The standard InChI is InChI=1S/C18H24BrN3O2S/c1-12(14-5-6-25-11-14)9-21-18(20-2)22-10-13-7-15(19)17(24-4)16(8-13)23-3/h5-8,11-12H,9-10H2,1-4H3,(H2,20,21,22). The van der Waals surface area contributed by atoms with Gasteiger partial charge in [-0.15, -0.1) is 0 Å². The van der Waals surface area contributed by atoms with E-state index in [0.717, 1.165) is 22.5 Å². The van der Waals surface area contributed by atoms with Crippen LogP contribution in [0.2, 0.25) is 0 Å². The number of halogens is 1. The summed E-state index contributed by atoms with van der Waals surface area (Å²) in [5, 5.41) is 11.0. The van der Waals surface area contributed by atoms with Gasteiger partial charge in [0.25, 0.3) is 0 Å². The van der Waals surface area contributed by atoms with Crippen LogP contribution < -0.4 is 20.1 Å². The minimum absolute atomic E-state index is 0.431. The van der Waals surface area contributed by atoms with Crippen molar-refractivity contribution >= 4 is 33.2 Å². The molecule has 25 heavy (non-hydrogen) atoms. The summed E-state index contributed by atoms with van der Waals surface area (Å²) in [6.07, 6.45) is 0. The molecule has 0 saturated carbocycles. The highest BCUT2D eigenvalue weighted by molar-refractivity contribution is 9.10. The monoisotopic (exact) mass is 425 g/mol. The van der Waals surface area contributed by atoms with E-state index in [9.17, 15) is 0 Å². The molecule has 0 fully saturated rings. The summed E-state index contributed by atoms with van der Waals surface area (Å²) in [7, 11) is 5.03. The van der Waals surface area contributed by atoms with Crippen molar-refractivity contribution in [3.63, 3.8) is 0 Å². The lowest BCUT2D eigenvalue weighted by molar-refractivity contribution is 0.352. The van der Waals surface area contributed by atoms with Gasteiger partial charge in [0, 0.05) is 20.1 Å². The number of aliphatic imine (C=N–C) groups is 1. The van der Waals surface area contributed by atoms with E-state index in [1.165, 1.54) is 5.56 Å². The average Bonchev–Trinajstić information content (AvgIpc) is 3.15. The van der Waals surface area contributed by atoms with Crippen molar-refractivity contribution in [2.75, 3.05) is 27.8 Å². The van der Waals surface area contributed by atoms with Crippen LogP contribution in [0.25, 0.3) is 0 Å². The number of benzene rings is 1. The minimum Gasteiger partial charge on any atom is -0.493 e. The van der Waals surface area contributed by atoms with E-state index in [4.69, 9.17) is 9.47 Å². The molecule has 0 amide bonds. The molecule has 0 aliphatic carbocycles. The highest BCUT2D eigenvalue weighted by atomic mass is 79.9. The second kappa shape index (κ2) is 9.68. The molecule has 0 aliphatic rings. The van der Waals surface area contributed by atoms with Crippen LogP contribution in [0.3, 0.4) is 0 Å². The number of hydrogen-bond acceptors (Lipinski definition) is 4. The van der Waals surface area contributed by atoms with Crippen molar-refractivity contribution in [2.45, 2.75) is 19.4 Å². The molecule has 0 radical (unpaired) electrons. The molecule has 0 saturated heterocycles. The average molecular weight is 426 g/mol. The minimum atomic E-state index is 0.431. The topological polar surface area (TPSA) is 54.9 Å². The molecule has 0 spiro atoms. The fourth-order valence-electron chi connectivity index (χ4n) is 2.40. The van der Waals surface area contributed by atoms with E-state index in [1.54, 1.807) is 32.6 Å². The number of hydrogen-bond donors (Lipinski definition) is 2. The third-order valence-electron chi connectivity index (χ3n) is 3.86. The third-order valence-corrected chi connectivity index (χ3v) is 5.16. The van der Waals surface area contributed by atoms with Crippen LogP contribution in [0.1, 0.15) is 24.0 Å². The highest BCUT2D eigenvalue weighted by Gasteiger charge is 2.11. The lowest BCUT2D eigenvalue weighted by Crippen LogP contribution is -2.38. The highest BCUT2D eigenvalue weighted by Crippen LogP contribution is 2.36. The molecule has 136 valence electrons. The van der Waals surface area contributed by atoms with Crippen LogP contribution >= 0.6 is 27.3 Å². The van der Waals surface area contributed by atoms with Gasteiger partial charge in [0.15, 0.2) is 17.5 Å². The molecule has 1 aromatic heterocycles. The molecule has 2 rings (SSSR count). The summed E-state index contributed by atoms with van der Waals surface area (Å²) in [6, 6.07) is 6.13. The van der Waals surface area contributed by atoms with Gasteiger partial charge in [-0.05, 0) is 61.9 Å². The Kier molecular flexibility index (Phi) is 7.58. The van der Waals surface area contributed by atoms with E-state index in [-0.39, 0.29) is 0 Å². The molecule has 1 unspecified atom stereocenters. The van der Waals surface area contributed by atoms with Crippen LogP contribution in [0.5, 0.6) is 11.5 Å². The number of methoxy groups -OCH3 is 2. The SMILES string of the molecule is CN=C(NCc1cc(Br)c(OC)c(OC)c1)NCC(C)c1ccsc1. The van der Waals surface area contributed by atoms with Gasteiger partial charge >= 0.3 is 0 Å². The molecule has 0 bridgehead atoms. The normalized spacial score (nSPS) is 12.6. The molecule has 0 aliphatic heterocycles. The van der Waals surface area contributed by atoms with Gasteiger partial charge in [-0.1, -0.05) is 6.92 Å². The molecule has 2 aromatic rings. The number of ether oxygens (including phenoxy) is 2. The Bertz CT molecular complexity index is 705. The molecule has 5 nitrogen and oxygen atoms in total. The number of nitrogens with zero attached hydrogens (tertiary/aromatic N) is 1. The van der Waals surface area contributed by atoms with Gasteiger partial charge in [0.2, 0.25) is 0 Å². The zero-order valence-corrected chi connectivity index (χ0v) is 17.3. The number of thiophene rings is 1. The first-order valence-corrected chi connectivity index (χ1v) is 9.69. The van der Waals surface area contributed by atoms with E-state index < -0.39 is 0 Å². The summed E-state index contributed by atoms with van der Waals surface area (Å²) in [5.41, 5.74) is 2.41. The van der Waals surface area contributed by atoms with E-state index in [1.807, 2.05) is 12.1 Å². The summed E-state index contributed by atoms with van der Waals surface area (Å²) in [5.74, 6) is 2.59. The summed E-state index contributed by atoms with van der Waals surface area (Å²) >= 11 is 5.24. The first-order chi connectivity index (χ1) is 12.1. The Morgan fingerprint density at radius 2 is 2.08 bits per heavy atom. The smallest absolute Gasteiger partial charge is 0.191 e. The Balaban J connectivity index is 1.93.